The van der Waals surface area contributed by atoms with Crippen LogP contribution in [0.2, 0.25) is 0 Å². The summed E-state index contributed by atoms with van der Waals surface area (Å²) >= 11 is 1.28. The minimum Gasteiger partial charge on any atom is -0.381 e. The van der Waals surface area contributed by atoms with Crippen LogP contribution in [0.4, 0.5) is 0 Å². The van der Waals surface area contributed by atoms with Gasteiger partial charge in [-0.3, -0.25) is 0 Å². The minimum atomic E-state index is -3.48. The van der Waals surface area contributed by atoms with Gasteiger partial charge >= 0.3 is 0 Å². The Bertz CT molecular complexity index is 933. The first-order chi connectivity index (χ1) is 14.1. The quantitative estimate of drug-likeness (QED) is 0.687. The summed E-state index contributed by atoms with van der Waals surface area (Å²) in [6.07, 6.45) is 6.89. The molecule has 0 N–H and O–H groups in total. The molecule has 158 valence electrons. The molecule has 1 aliphatic carbocycles. The van der Waals surface area contributed by atoms with Crippen LogP contribution >= 0.6 is 11.3 Å². The van der Waals surface area contributed by atoms with E-state index in [0.717, 1.165) is 45.3 Å². The third kappa shape index (κ3) is 3.89. The molecule has 2 aliphatic heterocycles. The summed E-state index contributed by atoms with van der Waals surface area (Å²) in [6.45, 7) is 2.44. The lowest BCUT2D eigenvalue weighted by atomic mass is 9.75. The van der Waals surface area contributed by atoms with Gasteiger partial charge in [-0.1, -0.05) is 24.1 Å². The Morgan fingerprint density at radius 1 is 1.24 bits per heavy atom. The zero-order chi connectivity index (χ0) is 19.9. The number of aromatic nitrogens is 2. The van der Waals surface area contributed by atoms with Gasteiger partial charge in [0.25, 0.3) is 10.0 Å². The molecule has 1 unspecified atom stereocenters. The van der Waals surface area contributed by atoms with Crippen molar-refractivity contribution in [1.82, 2.24) is 14.4 Å². The van der Waals surface area contributed by atoms with Gasteiger partial charge in [0.2, 0.25) is 5.89 Å². The van der Waals surface area contributed by atoms with E-state index in [1.54, 1.807) is 16.4 Å². The fourth-order valence-electron chi connectivity index (χ4n) is 4.71. The summed E-state index contributed by atoms with van der Waals surface area (Å²) in [6, 6.07) is 3.48. The molecule has 4 heterocycles. The van der Waals surface area contributed by atoms with Crippen molar-refractivity contribution in [1.29, 1.82) is 0 Å². The maximum atomic E-state index is 13.2. The van der Waals surface area contributed by atoms with Crippen molar-refractivity contribution in [3.63, 3.8) is 0 Å². The average molecular weight is 438 g/mol. The summed E-state index contributed by atoms with van der Waals surface area (Å²) < 4.78 is 39.6. The third-order valence-electron chi connectivity index (χ3n) is 6.49. The molecule has 7 nitrogen and oxygen atoms in total. The molecule has 2 saturated heterocycles. The molecule has 1 atom stereocenters. The van der Waals surface area contributed by atoms with E-state index in [-0.39, 0.29) is 11.3 Å². The van der Waals surface area contributed by atoms with Crippen molar-refractivity contribution in [2.75, 3.05) is 26.3 Å². The molecule has 3 fully saturated rings. The standard InChI is InChI=1S/C20H27N3O4S2/c24-29(25,17-3-1-12-28-17)23-9-2-8-20(14-23,13-15-4-5-15)19-21-18(27-22-19)16-6-10-26-11-7-16/h1,3,12,15-16H,2,4-11,13-14H2. The van der Waals surface area contributed by atoms with Crippen LogP contribution in [-0.4, -0.2) is 49.2 Å². The van der Waals surface area contributed by atoms with Crippen molar-refractivity contribution in [3.8, 4) is 0 Å². The van der Waals surface area contributed by atoms with E-state index in [0.29, 0.717) is 34.9 Å². The largest absolute Gasteiger partial charge is 0.381 e. The lowest BCUT2D eigenvalue weighted by molar-refractivity contribution is 0.0778. The highest BCUT2D eigenvalue weighted by Gasteiger charge is 2.47. The number of sulfonamides is 1. The van der Waals surface area contributed by atoms with Gasteiger partial charge in [0.05, 0.1) is 0 Å². The smallest absolute Gasteiger partial charge is 0.252 e. The Morgan fingerprint density at radius 3 is 2.79 bits per heavy atom. The summed E-state index contributed by atoms with van der Waals surface area (Å²) in [7, 11) is -3.48. The molecule has 2 aromatic heterocycles. The fraction of sp³-hybridized carbons (Fsp3) is 0.700. The van der Waals surface area contributed by atoms with Crippen LogP contribution in [-0.2, 0) is 20.2 Å². The van der Waals surface area contributed by atoms with Gasteiger partial charge in [-0.05, 0) is 49.5 Å². The highest BCUT2D eigenvalue weighted by molar-refractivity contribution is 7.91. The number of hydrogen-bond acceptors (Lipinski definition) is 7. The number of piperidine rings is 1. The van der Waals surface area contributed by atoms with Gasteiger partial charge in [-0.15, -0.1) is 11.3 Å². The van der Waals surface area contributed by atoms with Gasteiger partial charge in [0.15, 0.2) is 5.82 Å². The number of ether oxygens (including phenoxy) is 1. The molecule has 3 aliphatic rings. The Labute approximate surface area is 175 Å². The summed E-state index contributed by atoms with van der Waals surface area (Å²) in [5, 5.41) is 6.21. The van der Waals surface area contributed by atoms with Crippen molar-refractivity contribution < 1.29 is 17.7 Å². The van der Waals surface area contributed by atoms with E-state index in [9.17, 15) is 8.42 Å². The predicted octanol–water partition coefficient (Wildman–Crippen LogP) is 3.55. The van der Waals surface area contributed by atoms with Crippen LogP contribution < -0.4 is 0 Å². The van der Waals surface area contributed by atoms with Gasteiger partial charge in [-0.2, -0.15) is 9.29 Å². The van der Waals surface area contributed by atoms with Crippen LogP contribution in [0.1, 0.15) is 62.6 Å². The van der Waals surface area contributed by atoms with Crippen LogP contribution in [0.15, 0.2) is 26.2 Å². The van der Waals surface area contributed by atoms with E-state index < -0.39 is 10.0 Å². The Hall–Kier alpha value is -1.29. The second-order valence-electron chi connectivity index (χ2n) is 8.64. The van der Waals surface area contributed by atoms with Crippen molar-refractivity contribution in [3.05, 3.63) is 29.2 Å². The first kappa shape index (κ1) is 19.7. The van der Waals surface area contributed by atoms with Gasteiger partial charge in [-0.25, -0.2) is 8.42 Å². The molecule has 0 radical (unpaired) electrons. The topological polar surface area (TPSA) is 85.5 Å². The predicted molar refractivity (Wildman–Crippen MR) is 108 cm³/mol. The fourth-order valence-corrected chi connectivity index (χ4v) is 7.42. The van der Waals surface area contributed by atoms with E-state index in [4.69, 9.17) is 14.2 Å². The minimum absolute atomic E-state index is 0.248. The van der Waals surface area contributed by atoms with Crippen molar-refractivity contribution >= 4 is 21.4 Å². The monoisotopic (exact) mass is 437 g/mol. The maximum absolute atomic E-state index is 13.2. The van der Waals surface area contributed by atoms with Crippen LogP contribution in [0, 0.1) is 5.92 Å². The molecule has 0 spiro atoms. The summed E-state index contributed by atoms with van der Waals surface area (Å²) in [5.41, 5.74) is -0.351. The molecule has 29 heavy (non-hydrogen) atoms. The van der Waals surface area contributed by atoms with Crippen molar-refractivity contribution in [2.24, 2.45) is 5.92 Å². The highest BCUT2D eigenvalue weighted by atomic mass is 32.2. The van der Waals surface area contributed by atoms with Gasteiger partial charge in [0, 0.05) is 37.6 Å². The molecule has 0 aromatic carbocycles. The summed E-state index contributed by atoms with van der Waals surface area (Å²) in [4.78, 5) is 4.84. The average Bonchev–Trinajstić information content (AvgIpc) is 3.21. The highest BCUT2D eigenvalue weighted by Crippen LogP contribution is 2.46. The normalized spacial score (nSPS) is 27.3. The second-order valence-corrected chi connectivity index (χ2v) is 11.8. The third-order valence-corrected chi connectivity index (χ3v) is 9.71. The Balaban J connectivity index is 1.44. The van der Waals surface area contributed by atoms with E-state index in [1.807, 2.05) is 5.38 Å². The lowest BCUT2D eigenvalue weighted by Gasteiger charge is -2.40. The molecule has 2 aromatic rings. The Kier molecular flexibility index (Phi) is 5.26. The SMILES string of the molecule is O=S(=O)(c1cccs1)N1CCCC(CC2CC2)(c2noc(C3CCOCC3)n2)C1. The van der Waals surface area contributed by atoms with E-state index >= 15 is 0 Å². The Morgan fingerprint density at radius 2 is 2.07 bits per heavy atom. The van der Waals surface area contributed by atoms with Gasteiger partial charge < -0.3 is 9.26 Å². The number of hydrogen-bond donors (Lipinski definition) is 0. The number of nitrogens with zero attached hydrogens (tertiary/aromatic N) is 3. The first-order valence-corrected chi connectivity index (χ1v) is 12.8. The second kappa shape index (κ2) is 7.76. The van der Waals surface area contributed by atoms with Crippen LogP contribution in [0.25, 0.3) is 0 Å². The van der Waals surface area contributed by atoms with Crippen LogP contribution in [0.3, 0.4) is 0 Å². The summed E-state index contributed by atoms with van der Waals surface area (Å²) in [5.74, 6) is 2.29. The molecule has 0 bridgehead atoms. The number of thiophene rings is 1. The molecule has 5 rings (SSSR count). The number of rotatable bonds is 6. The zero-order valence-corrected chi connectivity index (χ0v) is 18.1. The first-order valence-electron chi connectivity index (χ1n) is 10.5. The lowest BCUT2D eigenvalue weighted by Crippen LogP contribution is -2.49. The van der Waals surface area contributed by atoms with E-state index in [1.165, 1.54) is 24.2 Å². The molecule has 1 saturated carbocycles. The zero-order valence-electron chi connectivity index (χ0n) is 16.5. The molecular weight excluding hydrogens is 410 g/mol. The molecule has 9 heteroatoms. The van der Waals surface area contributed by atoms with Crippen LogP contribution in [0.5, 0.6) is 0 Å². The maximum Gasteiger partial charge on any atom is 0.252 e. The van der Waals surface area contributed by atoms with Crippen molar-refractivity contribution in [2.45, 2.75) is 60.5 Å². The van der Waals surface area contributed by atoms with E-state index in [2.05, 4.69) is 5.16 Å². The molecular formula is C20H27N3O4S2. The molecule has 0 amide bonds. The van der Waals surface area contributed by atoms with Gasteiger partial charge in [0.1, 0.15) is 4.21 Å².